The van der Waals surface area contributed by atoms with Crippen LogP contribution in [0.15, 0.2) is 22.7 Å². The van der Waals surface area contributed by atoms with E-state index < -0.39 is 0 Å². The van der Waals surface area contributed by atoms with Crippen LogP contribution in [0.5, 0.6) is 0 Å². The molecule has 1 aromatic heterocycles. The molecule has 1 aromatic carbocycles. The standard InChI is InChI=1S/C11H9BrN2/c1-2-10-9(6-13)8-4-3-7(12)5-11(8)14-10/h3-5,14H,2H2,1H3. The zero-order valence-corrected chi connectivity index (χ0v) is 9.35. The van der Waals surface area contributed by atoms with E-state index in [1.807, 2.05) is 25.1 Å². The number of H-pyrrole nitrogens is 1. The maximum absolute atomic E-state index is 9.02. The van der Waals surface area contributed by atoms with E-state index in [0.717, 1.165) is 33.1 Å². The molecule has 0 atom stereocenters. The number of aromatic amines is 1. The predicted octanol–water partition coefficient (Wildman–Crippen LogP) is 3.36. The van der Waals surface area contributed by atoms with Crippen molar-refractivity contribution in [2.24, 2.45) is 0 Å². The van der Waals surface area contributed by atoms with E-state index in [0.29, 0.717) is 0 Å². The Hall–Kier alpha value is -1.27. The molecule has 0 fully saturated rings. The van der Waals surface area contributed by atoms with Crippen LogP contribution in [0.4, 0.5) is 0 Å². The van der Waals surface area contributed by atoms with Gasteiger partial charge in [0.25, 0.3) is 0 Å². The topological polar surface area (TPSA) is 39.6 Å². The third-order valence-electron chi connectivity index (χ3n) is 2.30. The van der Waals surface area contributed by atoms with Gasteiger partial charge in [-0.2, -0.15) is 5.26 Å². The van der Waals surface area contributed by atoms with Crippen LogP contribution in [-0.2, 0) is 6.42 Å². The highest BCUT2D eigenvalue weighted by atomic mass is 79.9. The third kappa shape index (κ3) is 1.32. The third-order valence-corrected chi connectivity index (χ3v) is 2.80. The van der Waals surface area contributed by atoms with E-state index in [4.69, 9.17) is 5.26 Å². The lowest BCUT2D eigenvalue weighted by Gasteiger charge is -1.90. The molecule has 0 spiro atoms. The van der Waals surface area contributed by atoms with Gasteiger partial charge in [-0.25, -0.2) is 0 Å². The molecule has 0 saturated carbocycles. The van der Waals surface area contributed by atoms with Gasteiger partial charge in [-0.05, 0) is 18.6 Å². The highest BCUT2D eigenvalue weighted by molar-refractivity contribution is 9.10. The van der Waals surface area contributed by atoms with Gasteiger partial charge in [0.1, 0.15) is 6.07 Å². The van der Waals surface area contributed by atoms with E-state index >= 15 is 0 Å². The van der Waals surface area contributed by atoms with Gasteiger partial charge in [0.05, 0.1) is 5.56 Å². The summed E-state index contributed by atoms with van der Waals surface area (Å²) in [5.74, 6) is 0. The van der Waals surface area contributed by atoms with Crippen molar-refractivity contribution in [2.75, 3.05) is 0 Å². The molecule has 0 aliphatic rings. The van der Waals surface area contributed by atoms with Gasteiger partial charge in [-0.1, -0.05) is 28.9 Å². The van der Waals surface area contributed by atoms with Crippen molar-refractivity contribution in [3.05, 3.63) is 33.9 Å². The average molecular weight is 249 g/mol. The van der Waals surface area contributed by atoms with Crippen LogP contribution in [0.25, 0.3) is 10.9 Å². The second kappa shape index (κ2) is 3.47. The number of benzene rings is 1. The fourth-order valence-corrected chi connectivity index (χ4v) is 1.98. The Morgan fingerprint density at radius 2 is 2.29 bits per heavy atom. The first-order valence-corrected chi connectivity index (χ1v) is 5.25. The molecule has 14 heavy (non-hydrogen) atoms. The summed E-state index contributed by atoms with van der Waals surface area (Å²) in [6, 6.07) is 8.16. The van der Waals surface area contributed by atoms with Crippen LogP contribution >= 0.6 is 15.9 Å². The number of rotatable bonds is 1. The van der Waals surface area contributed by atoms with Crippen molar-refractivity contribution in [3.8, 4) is 6.07 Å². The summed E-state index contributed by atoms with van der Waals surface area (Å²) >= 11 is 3.41. The fraction of sp³-hybridized carbons (Fsp3) is 0.182. The number of nitrogens with zero attached hydrogens (tertiary/aromatic N) is 1. The molecule has 0 aliphatic heterocycles. The molecule has 0 bridgehead atoms. The van der Waals surface area contributed by atoms with Gasteiger partial charge in [-0.3, -0.25) is 0 Å². The number of fused-ring (bicyclic) bond motifs is 1. The Morgan fingerprint density at radius 3 is 2.93 bits per heavy atom. The van der Waals surface area contributed by atoms with E-state index in [1.165, 1.54) is 0 Å². The molecule has 1 N–H and O–H groups in total. The Kier molecular flexibility index (Phi) is 2.30. The maximum atomic E-state index is 9.02. The lowest BCUT2D eigenvalue weighted by molar-refractivity contribution is 1.07. The SMILES string of the molecule is CCc1[nH]c2cc(Br)ccc2c1C#N. The van der Waals surface area contributed by atoms with Crippen molar-refractivity contribution < 1.29 is 0 Å². The van der Waals surface area contributed by atoms with E-state index in [9.17, 15) is 0 Å². The number of hydrogen-bond acceptors (Lipinski definition) is 1. The quantitative estimate of drug-likeness (QED) is 0.826. The fourth-order valence-electron chi connectivity index (χ4n) is 1.62. The highest BCUT2D eigenvalue weighted by Gasteiger charge is 2.08. The Bertz CT molecular complexity index is 520. The largest absolute Gasteiger partial charge is 0.357 e. The normalized spacial score (nSPS) is 10.4. The Labute approximate surface area is 90.7 Å². The zero-order valence-electron chi connectivity index (χ0n) is 7.76. The second-order valence-electron chi connectivity index (χ2n) is 3.13. The lowest BCUT2D eigenvalue weighted by Crippen LogP contribution is -1.82. The zero-order chi connectivity index (χ0) is 10.1. The molecule has 2 aromatic rings. The molecular formula is C11H9BrN2. The summed E-state index contributed by atoms with van der Waals surface area (Å²) in [6.45, 7) is 2.04. The number of nitriles is 1. The van der Waals surface area contributed by atoms with Gasteiger partial charge in [0.2, 0.25) is 0 Å². The summed E-state index contributed by atoms with van der Waals surface area (Å²) in [6.07, 6.45) is 0.856. The molecule has 2 rings (SSSR count). The first-order chi connectivity index (χ1) is 6.76. The van der Waals surface area contributed by atoms with E-state index in [-0.39, 0.29) is 0 Å². The number of nitrogens with one attached hydrogen (secondary N) is 1. The van der Waals surface area contributed by atoms with Crippen molar-refractivity contribution in [3.63, 3.8) is 0 Å². The molecule has 0 amide bonds. The summed E-state index contributed by atoms with van der Waals surface area (Å²) in [7, 11) is 0. The predicted molar refractivity (Wildman–Crippen MR) is 60.1 cm³/mol. The molecule has 3 heteroatoms. The smallest absolute Gasteiger partial charge is 0.102 e. The molecule has 0 unspecified atom stereocenters. The van der Waals surface area contributed by atoms with Gasteiger partial charge in [0, 0.05) is 21.1 Å². The first kappa shape index (κ1) is 9.29. The average Bonchev–Trinajstić information content (AvgIpc) is 2.54. The molecular weight excluding hydrogens is 240 g/mol. The van der Waals surface area contributed by atoms with Gasteiger partial charge < -0.3 is 4.98 Å². The van der Waals surface area contributed by atoms with Crippen LogP contribution in [0.3, 0.4) is 0 Å². The second-order valence-corrected chi connectivity index (χ2v) is 4.05. The van der Waals surface area contributed by atoms with Crippen molar-refractivity contribution in [2.45, 2.75) is 13.3 Å². The van der Waals surface area contributed by atoms with Crippen molar-refractivity contribution in [1.29, 1.82) is 5.26 Å². The minimum atomic E-state index is 0.773. The van der Waals surface area contributed by atoms with Crippen LogP contribution in [-0.4, -0.2) is 4.98 Å². The van der Waals surface area contributed by atoms with Crippen molar-refractivity contribution >= 4 is 26.8 Å². The Morgan fingerprint density at radius 1 is 1.50 bits per heavy atom. The van der Waals surface area contributed by atoms with Gasteiger partial charge in [0.15, 0.2) is 0 Å². The van der Waals surface area contributed by atoms with Gasteiger partial charge >= 0.3 is 0 Å². The molecule has 0 saturated heterocycles. The molecule has 2 nitrogen and oxygen atoms in total. The summed E-state index contributed by atoms with van der Waals surface area (Å²) in [5.41, 5.74) is 2.81. The first-order valence-electron chi connectivity index (χ1n) is 4.46. The van der Waals surface area contributed by atoms with Crippen LogP contribution in [0, 0.1) is 11.3 Å². The Balaban J connectivity index is 2.81. The number of aryl methyl sites for hydroxylation is 1. The maximum Gasteiger partial charge on any atom is 0.102 e. The van der Waals surface area contributed by atoms with Crippen LogP contribution < -0.4 is 0 Å². The molecule has 1 heterocycles. The van der Waals surface area contributed by atoms with E-state index in [2.05, 4.69) is 27.0 Å². The van der Waals surface area contributed by atoms with Crippen molar-refractivity contribution in [1.82, 2.24) is 4.98 Å². The summed E-state index contributed by atoms with van der Waals surface area (Å²) in [4.78, 5) is 3.25. The van der Waals surface area contributed by atoms with E-state index in [1.54, 1.807) is 0 Å². The minimum Gasteiger partial charge on any atom is -0.357 e. The summed E-state index contributed by atoms with van der Waals surface area (Å²) < 4.78 is 1.03. The van der Waals surface area contributed by atoms with Crippen LogP contribution in [0.1, 0.15) is 18.2 Å². The van der Waals surface area contributed by atoms with Gasteiger partial charge in [-0.15, -0.1) is 0 Å². The molecule has 70 valence electrons. The highest BCUT2D eigenvalue weighted by Crippen LogP contribution is 2.25. The van der Waals surface area contributed by atoms with Crippen LogP contribution in [0.2, 0.25) is 0 Å². The minimum absolute atomic E-state index is 0.773. The number of aromatic nitrogens is 1. The lowest BCUT2D eigenvalue weighted by atomic mass is 10.1. The molecule has 0 radical (unpaired) electrons. The monoisotopic (exact) mass is 248 g/mol. The number of halogens is 1. The number of hydrogen-bond donors (Lipinski definition) is 1. The summed E-state index contributed by atoms with van der Waals surface area (Å²) in [5, 5.41) is 10.0. The molecule has 0 aliphatic carbocycles.